The Balaban J connectivity index is 2.06. The molecular formula is C18H25N3O. The van der Waals surface area contributed by atoms with Crippen molar-refractivity contribution >= 4 is 5.91 Å². The van der Waals surface area contributed by atoms with Crippen LogP contribution in [0.1, 0.15) is 37.2 Å². The van der Waals surface area contributed by atoms with Crippen molar-refractivity contribution in [3.8, 4) is 5.69 Å². The molecule has 22 heavy (non-hydrogen) atoms. The molecule has 0 aliphatic rings. The minimum absolute atomic E-state index is 0.111. The van der Waals surface area contributed by atoms with E-state index in [0.717, 1.165) is 30.0 Å². The molecule has 0 aliphatic carbocycles. The number of benzene rings is 1. The normalized spacial score (nSPS) is 11.0. The Bertz CT molecular complexity index is 629. The van der Waals surface area contributed by atoms with Crippen LogP contribution in [-0.4, -0.2) is 22.2 Å². The van der Waals surface area contributed by atoms with Crippen molar-refractivity contribution in [3.63, 3.8) is 0 Å². The van der Waals surface area contributed by atoms with E-state index in [1.807, 2.05) is 41.9 Å². The van der Waals surface area contributed by atoms with Crippen LogP contribution >= 0.6 is 0 Å². The minimum Gasteiger partial charge on any atom is -0.356 e. The van der Waals surface area contributed by atoms with Crippen LogP contribution in [0.4, 0.5) is 0 Å². The first-order chi connectivity index (χ1) is 10.5. The number of carbonyl (C=O) groups is 1. The number of para-hydroxylation sites is 1. The summed E-state index contributed by atoms with van der Waals surface area (Å²) in [4.78, 5) is 11.9. The quantitative estimate of drug-likeness (QED) is 0.890. The summed E-state index contributed by atoms with van der Waals surface area (Å²) in [5.41, 5.74) is 4.33. The Morgan fingerprint density at radius 3 is 2.55 bits per heavy atom. The SMILES string of the molecule is Cc1nn(-c2ccccc2)c(C)c1CCC(=O)NCC(C)C. The molecule has 0 bridgehead atoms. The van der Waals surface area contributed by atoms with Gasteiger partial charge in [0.1, 0.15) is 0 Å². The highest BCUT2D eigenvalue weighted by Gasteiger charge is 2.14. The predicted molar refractivity (Wildman–Crippen MR) is 89.2 cm³/mol. The number of amides is 1. The Labute approximate surface area is 132 Å². The maximum absolute atomic E-state index is 11.9. The summed E-state index contributed by atoms with van der Waals surface area (Å²) in [7, 11) is 0. The summed E-state index contributed by atoms with van der Waals surface area (Å²) < 4.78 is 1.96. The lowest BCUT2D eigenvalue weighted by Crippen LogP contribution is -2.27. The predicted octanol–water partition coefficient (Wildman–Crippen LogP) is 3.19. The summed E-state index contributed by atoms with van der Waals surface area (Å²) in [5.74, 6) is 0.591. The molecule has 0 spiro atoms. The maximum Gasteiger partial charge on any atom is 0.220 e. The number of rotatable bonds is 6. The molecule has 2 aromatic rings. The molecule has 0 fully saturated rings. The zero-order chi connectivity index (χ0) is 16.1. The van der Waals surface area contributed by atoms with E-state index in [1.54, 1.807) is 0 Å². The van der Waals surface area contributed by atoms with Gasteiger partial charge in [-0.05, 0) is 43.9 Å². The molecule has 118 valence electrons. The second kappa shape index (κ2) is 7.25. The van der Waals surface area contributed by atoms with Crippen LogP contribution < -0.4 is 5.32 Å². The lowest BCUT2D eigenvalue weighted by atomic mass is 10.1. The third-order valence-electron chi connectivity index (χ3n) is 3.75. The largest absolute Gasteiger partial charge is 0.356 e. The molecule has 1 aromatic heterocycles. The molecule has 4 heteroatoms. The summed E-state index contributed by atoms with van der Waals surface area (Å²) in [6.07, 6.45) is 1.24. The first kappa shape index (κ1) is 16.3. The van der Waals surface area contributed by atoms with Gasteiger partial charge in [0.25, 0.3) is 0 Å². The van der Waals surface area contributed by atoms with Gasteiger partial charge in [0.2, 0.25) is 5.91 Å². The van der Waals surface area contributed by atoms with Crippen LogP contribution in [0.25, 0.3) is 5.69 Å². The van der Waals surface area contributed by atoms with Gasteiger partial charge in [0.05, 0.1) is 11.4 Å². The van der Waals surface area contributed by atoms with Gasteiger partial charge in [-0.2, -0.15) is 5.10 Å². The molecule has 0 saturated heterocycles. The summed E-state index contributed by atoms with van der Waals surface area (Å²) in [5, 5.41) is 7.58. The van der Waals surface area contributed by atoms with Crippen LogP contribution in [0.15, 0.2) is 30.3 Å². The highest BCUT2D eigenvalue weighted by Crippen LogP contribution is 2.19. The average Bonchev–Trinajstić information content (AvgIpc) is 2.79. The number of hydrogen-bond acceptors (Lipinski definition) is 2. The van der Waals surface area contributed by atoms with Gasteiger partial charge in [-0.15, -0.1) is 0 Å². The Hall–Kier alpha value is -2.10. The second-order valence-electron chi connectivity index (χ2n) is 6.09. The van der Waals surface area contributed by atoms with Gasteiger partial charge >= 0.3 is 0 Å². The van der Waals surface area contributed by atoms with Crippen LogP contribution in [-0.2, 0) is 11.2 Å². The van der Waals surface area contributed by atoms with E-state index in [9.17, 15) is 4.79 Å². The number of aryl methyl sites for hydroxylation is 1. The highest BCUT2D eigenvalue weighted by atomic mass is 16.1. The van der Waals surface area contributed by atoms with Crippen molar-refractivity contribution in [3.05, 3.63) is 47.3 Å². The van der Waals surface area contributed by atoms with E-state index >= 15 is 0 Å². The number of carbonyl (C=O) groups excluding carboxylic acids is 1. The fraction of sp³-hybridized carbons (Fsp3) is 0.444. The van der Waals surface area contributed by atoms with Crippen molar-refractivity contribution < 1.29 is 4.79 Å². The van der Waals surface area contributed by atoms with Gasteiger partial charge in [-0.1, -0.05) is 32.0 Å². The third kappa shape index (κ3) is 3.97. The van der Waals surface area contributed by atoms with Crippen LogP contribution in [0.5, 0.6) is 0 Å². The smallest absolute Gasteiger partial charge is 0.220 e. The maximum atomic E-state index is 11.9. The lowest BCUT2D eigenvalue weighted by Gasteiger charge is -2.08. The van der Waals surface area contributed by atoms with Gasteiger partial charge in [-0.25, -0.2) is 4.68 Å². The summed E-state index contributed by atoms with van der Waals surface area (Å²) in [6, 6.07) is 10.1. The molecule has 0 unspecified atom stereocenters. The van der Waals surface area contributed by atoms with Crippen molar-refractivity contribution in [2.45, 2.75) is 40.5 Å². The molecule has 1 heterocycles. The number of hydrogen-bond donors (Lipinski definition) is 1. The Kier molecular flexibility index (Phi) is 5.36. The Morgan fingerprint density at radius 1 is 1.23 bits per heavy atom. The molecular weight excluding hydrogens is 274 g/mol. The molecule has 0 saturated carbocycles. The molecule has 2 rings (SSSR count). The van der Waals surface area contributed by atoms with E-state index in [2.05, 4.69) is 31.2 Å². The van der Waals surface area contributed by atoms with Crippen molar-refractivity contribution in [1.82, 2.24) is 15.1 Å². The minimum atomic E-state index is 0.111. The van der Waals surface area contributed by atoms with Crippen molar-refractivity contribution in [2.75, 3.05) is 6.54 Å². The second-order valence-corrected chi connectivity index (χ2v) is 6.09. The van der Waals surface area contributed by atoms with E-state index in [4.69, 9.17) is 0 Å². The molecule has 0 radical (unpaired) electrons. The zero-order valence-corrected chi connectivity index (χ0v) is 13.9. The summed E-state index contributed by atoms with van der Waals surface area (Å²) in [6.45, 7) is 9.00. The Morgan fingerprint density at radius 2 is 1.91 bits per heavy atom. The molecule has 1 aromatic carbocycles. The monoisotopic (exact) mass is 299 g/mol. The van der Waals surface area contributed by atoms with Gasteiger partial charge in [0, 0.05) is 18.7 Å². The van der Waals surface area contributed by atoms with E-state index in [1.165, 1.54) is 5.56 Å². The van der Waals surface area contributed by atoms with Gasteiger partial charge in [0.15, 0.2) is 0 Å². The number of nitrogens with one attached hydrogen (secondary N) is 1. The molecule has 1 N–H and O–H groups in total. The van der Waals surface area contributed by atoms with E-state index in [-0.39, 0.29) is 5.91 Å². The van der Waals surface area contributed by atoms with Crippen molar-refractivity contribution in [2.24, 2.45) is 5.92 Å². The van der Waals surface area contributed by atoms with Gasteiger partial charge < -0.3 is 5.32 Å². The number of aromatic nitrogens is 2. The van der Waals surface area contributed by atoms with Crippen LogP contribution in [0, 0.1) is 19.8 Å². The fourth-order valence-electron chi connectivity index (χ4n) is 2.50. The topological polar surface area (TPSA) is 46.9 Å². The standard InChI is InChI=1S/C18H25N3O/c1-13(2)12-19-18(22)11-10-17-14(3)20-21(15(17)4)16-8-6-5-7-9-16/h5-9,13H,10-12H2,1-4H3,(H,19,22). The van der Waals surface area contributed by atoms with E-state index < -0.39 is 0 Å². The van der Waals surface area contributed by atoms with Crippen LogP contribution in [0.2, 0.25) is 0 Å². The molecule has 0 aliphatic heterocycles. The fourth-order valence-corrected chi connectivity index (χ4v) is 2.50. The molecule has 0 atom stereocenters. The average molecular weight is 299 g/mol. The van der Waals surface area contributed by atoms with Gasteiger partial charge in [-0.3, -0.25) is 4.79 Å². The number of nitrogens with zero attached hydrogens (tertiary/aromatic N) is 2. The van der Waals surface area contributed by atoms with Crippen molar-refractivity contribution in [1.29, 1.82) is 0 Å². The van der Waals surface area contributed by atoms with Crippen LogP contribution in [0.3, 0.4) is 0 Å². The third-order valence-corrected chi connectivity index (χ3v) is 3.75. The molecule has 4 nitrogen and oxygen atoms in total. The first-order valence-electron chi connectivity index (χ1n) is 7.86. The van der Waals surface area contributed by atoms with E-state index in [0.29, 0.717) is 12.3 Å². The molecule has 1 amide bonds. The highest BCUT2D eigenvalue weighted by molar-refractivity contribution is 5.76. The zero-order valence-electron chi connectivity index (χ0n) is 13.9. The summed E-state index contributed by atoms with van der Waals surface area (Å²) >= 11 is 0. The first-order valence-corrected chi connectivity index (χ1v) is 7.86. The lowest BCUT2D eigenvalue weighted by molar-refractivity contribution is -0.121.